The number of hydrogen-bond donors (Lipinski definition) is 1. The Bertz CT molecular complexity index is 814. The molecule has 0 aromatic heterocycles. The van der Waals surface area contributed by atoms with Crippen molar-refractivity contribution in [2.45, 2.75) is 18.9 Å². The number of benzene rings is 2. The van der Waals surface area contributed by atoms with Crippen molar-refractivity contribution in [3.8, 4) is 5.75 Å². The van der Waals surface area contributed by atoms with Gasteiger partial charge in [0.05, 0.1) is 13.2 Å². The second-order valence-electron chi connectivity index (χ2n) is 6.51. The number of ketones is 1. The van der Waals surface area contributed by atoms with Gasteiger partial charge in [-0.15, -0.1) is 12.4 Å². The van der Waals surface area contributed by atoms with Crippen LogP contribution in [-0.4, -0.2) is 43.3 Å². The fourth-order valence-electron chi connectivity index (χ4n) is 3.30. The van der Waals surface area contributed by atoms with Crippen LogP contribution in [0, 0.1) is 5.82 Å². The predicted molar refractivity (Wildman–Crippen MR) is 108 cm³/mol. The number of nitrogens with one attached hydrogen (secondary N) is 1. The van der Waals surface area contributed by atoms with E-state index >= 15 is 0 Å². The van der Waals surface area contributed by atoms with E-state index in [2.05, 4.69) is 5.32 Å². The van der Waals surface area contributed by atoms with Gasteiger partial charge in [-0.05, 0) is 42.0 Å². The quantitative estimate of drug-likeness (QED) is 0.747. The number of halogens is 2. The SMILES string of the molecule is COc1ccc(C(=O)CCC(=O)N2CCNCC2c2cccc(F)c2)cc1.Cl. The minimum Gasteiger partial charge on any atom is -0.497 e. The fourth-order valence-corrected chi connectivity index (χ4v) is 3.30. The standard InChI is InChI=1S/C21H23FN2O3.ClH/c1-27-18-7-5-15(6-8-18)20(25)9-10-21(26)24-12-11-23-14-19(24)16-3-2-4-17(22)13-16;/h2-8,13,19,23H,9-12,14H2,1H3;1H. The van der Waals surface area contributed by atoms with Gasteiger partial charge in [-0.2, -0.15) is 0 Å². The molecule has 0 radical (unpaired) electrons. The van der Waals surface area contributed by atoms with E-state index in [-0.39, 0.29) is 48.8 Å². The van der Waals surface area contributed by atoms with Crippen LogP contribution in [0.25, 0.3) is 0 Å². The van der Waals surface area contributed by atoms with Crippen LogP contribution in [0.5, 0.6) is 5.75 Å². The molecule has 3 rings (SSSR count). The molecule has 0 saturated carbocycles. The summed E-state index contributed by atoms with van der Waals surface area (Å²) in [6.07, 6.45) is 0.279. The summed E-state index contributed by atoms with van der Waals surface area (Å²) in [5.41, 5.74) is 1.32. The lowest BCUT2D eigenvalue weighted by Gasteiger charge is -2.36. The predicted octanol–water partition coefficient (Wildman–Crippen LogP) is 3.39. The van der Waals surface area contributed by atoms with E-state index < -0.39 is 0 Å². The molecule has 28 heavy (non-hydrogen) atoms. The first-order valence-electron chi connectivity index (χ1n) is 9.01. The number of methoxy groups -OCH3 is 1. The first kappa shape index (κ1) is 21.9. The maximum Gasteiger partial charge on any atom is 0.223 e. The number of hydrogen-bond acceptors (Lipinski definition) is 4. The van der Waals surface area contributed by atoms with Crippen molar-refractivity contribution in [3.05, 3.63) is 65.5 Å². The molecule has 1 amide bonds. The second-order valence-corrected chi connectivity index (χ2v) is 6.51. The van der Waals surface area contributed by atoms with Crippen LogP contribution < -0.4 is 10.1 Å². The average molecular weight is 407 g/mol. The zero-order valence-corrected chi connectivity index (χ0v) is 16.5. The van der Waals surface area contributed by atoms with E-state index in [9.17, 15) is 14.0 Å². The van der Waals surface area contributed by atoms with Gasteiger partial charge in [-0.1, -0.05) is 12.1 Å². The summed E-state index contributed by atoms with van der Waals surface area (Å²) < 4.78 is 18.7. The Hall–Kier alpha value is -2.44. The molecule has 1 aliphatic rings. The fraction of sp³-hybridized carbons (Fsp3) is 0.333. The minimum atomic E-state index is -0.319. The van der Waals surface area contributed by atoms with Crippen molar-refractivity contribution in [3.63, 3.8) is 0 Å². The molecule has 150 valence electrons. The van der Waals surface area contributed by atoms with Crippen LogP contribution in [-0.2, 0) is 4.79 Å². The number of carbonyl (C=O) groups excluding carboxylic acids is 2. The lowest BCUT2D eigenvalue weighted by molar-refractivity contribution is -0.134. The van der Waals surface area contributed by atoms with Crippen molar-refractivity contribution in [1.29, 1.82) is 0 Å². The smallest absolute Gasteiger partial charge is 0.223 e. The molecule has 7 heteroatoms. The van der Waals surface area contributed by atoms with Gasteiger partial charge in [-0.25, -0.2) is 4.39 Å². The summed E-state index contributed by atoms with van der Waals surface area (Å²) in [7, 11) is 1.57. The van der Waals surface area contributed by atoms with Gasteiger partial charge >= 0.3 is 0 Å². The Morgan fingerprint density at radius 2 is 1.93 bits per heavy atom. The molecular weight excluding hydrogens is 383 g/mol. The number of rotatable bonds is 6. The van der Waals surface area contributed by atoms with E-state index in [1.807, 2.05) is 6.07 Å². The van der Waals surface area contributed by atoms with Crippen LogP contribution >= 0.6 is 12.4 Å². The Morgan fingerprint density at radius 3 is 2.61 bits per heavy atom. The first-order valence-corrected chi connectivity index (χ1v) is 9.01. The lowest BCUT2D eigenvalue weighted by Crippen LogP contribution is -2.48. The highest BCUT2D eigenvalue weighted by Gasteiger charge is 2.28. The highest BCUT2D eigenvalue weighted by Crippen LogP contribution is 2.24. The summed E-state index contributed by atoms with van der Waals surface area (Å²) in [6.45, 7) is 1.79. The van der Waals surface area contributed by atoms with Gasteiger partial charge in [0, 0.05) is 38.0 Å². The molecule has 2 aromatic carbocycles. The monoisotopic (exact) mass is 406 g/mol. The van der Waals surface area contributed by atoms with E-state index in [1.165, 1.54) is 12.1 Å². The van der Waals surface area contributed by atoms with E-state index in [4.69, 9.17) is 4.74 Å². The number of carbonyl (C=O) groups is 2. The summed E-state index contributed by atoms with van der Waals surface area (Å²) in [6, 6.07) is 12.9. The van der Waals surface area contributed by atoms with E-state index in [0.29, 0.717) is 30.9 Å². The first-order chi connectivity index (χ1) is 13.1. The van der Waals surface area contributed by atoms with Crippen molar-refractivity contribution >= 4 is 24.1 Å². The number of Topliss-reactive ketones (excluding diaryl/α,β-unsaturated/α-hetero) is 1. The Labute approximate surface area is 170 Å². The molecule has 0 spiro atoms. The van der Waals surface area contributed by atoms with Crippen molar-refractivity contribution in [2.24, 2.45) is 0 Å². The zero-order valence-electron chi connectivity index (χ0n) is 15.7. The molecule has 1 unspecified atom stereocenters. The molecular formula is C21H24ClFN2O3. The molecule has 1 fully saturated rings. The van der Waals surface area contributed by atoms with Crippen LogP contribution in [0.15, 0.2) is 48.5 Å². The van der Waals surface area contributed by atoms with Crippen LogP contribution in [0.2, 0.25) is 0 Å². The van der Waals surface area contributed by atoms with Gasteiger partial charge in [0.15, 0.2) is 5.78 Å². The van der Waals surface area contributed by atoms with Crippen molar-refractivity contribution < 1.29 is 18.7 Å². The van der Waals surface area contributed by atoms with Crippen LogP contribution in [0.1, 0.15) is 34.8 Å². The van der Waals surface area contributed by atoms with Crippen LogP contribution in [0.3, 0.4) is 0 Å². The Kier molecular flexibility index (Phi) is 7.96. The Balaban J connectivity index is 0.00000280. The number of piperazine rings is 1. The van der Waals surface area contributed by atoms with Gasteiger partial charge in [0.1, 0.15) is 11.6 Å². The topological polar surface area (TPSA) is 58.6 Å². The highest BCUT2D eigenvalue weighted by molar-refractivity contribution is 5.98. The maximum absolute atomic E-state index is 13.6. The highest BCUT2D eigenvalue weighted by atomic mass is 35.5. The third kappa shape index (κ3) is 5.30. The minimum absolute atomic E-state index is 0. The third-order valence-corrected chi connectivity index (χ3v) is 4.78. The summed E-state index contributed by atoms with van der Waals surface area (Å²) in [4.78, 5) is 26.8. The molecule has 1 heterocycles. The van der Waals surface area contributed by atoms with E-state index in [0.717, 1.165) is 5.56 Å². The largest absolute Gasteiger partial charge is 0.497 e. The molecule has 1 atom stereocenters. The zero-order chi connectivity index (χ0) is 19.2. The normalized spacial score (nSPS) is 16.2. The number of nitrogens with zero attached hydrogens (tertiary/aromatic N) is 1. The molecule has 1 N–H and O–H groups in total. The molecule has 1 saturated heterocycles. The van der Waals surface area contributed by atoms with Gasteiger partial charge in [-0.3, -0.25) is 9.59 Å². The maximum atomic E-state index is 13.6. The van der Waals surface area contributed by atoms with Gasteiger partial charge in [0.25, 0.3) is 0 Å². The van der Waals surface area contributed by atoms with Gasteiger partial charge < -0.3 is 15.0 Å². The third-order valence-electron chi connectivity index (χ3n) is 4.78. The molecule has 1 aliphatic heterocycles. The lowest BCUT2D eigenvalue weighted by atomic mass is 10.0. The number of ether oxygens (including phenoxy) is 1. The van der Waals surface area contributed by atoms with Crippen LogP contribution in [0.4, 0.5) is 4.39 Å². The van der Waals surface area contributed by atoms with Crippen molar-refractivity contribution in [2.75, 3.05) is 26.7 Å². The van der Waals surface area contributed by atoms with Gasteiger partial charge in [0.2, 0.25) is 5.91 Å². The molecule has 0 bridgehead atoms. The Morgan fingerprint density at radius 1 is 1.18 bits per heavy atom. The summed E-state index contributed by atoms with van der Waals surface area (Å²) in [5, 5.41) is 3.24. The summed E-state index contributed by atoms with van der Waals surface area (Å²) >= 11 is 0. The number of amides is 1. The second kappa shape index (κ2) is 10.2. The van der Waals surface area contributed by atoms with E-state index in [1.54, 1.807) is 42.3 Å². The summed E-state index contributed by atoms with van der Waals surface area (Å²) in [5.74, 6) is 0.192. The average Bonchev–Trinajstić information content (AvgIpc) is 2.72. The molecule has 0 aliphatic carbocycles. The molecule has 5 nitrogen and oxygen atoms in total. The van der Waals surface area contributed by atoms with Crippen molar-refractivity contribution in [1.82, 2.24) is 10.2 Å². The molecule has 2 aromatic rings.